The van der Waals surface area contributed by atoms with Crippen molar-refractivity contribution in [3.63, 3.8) is 0 Å². The molecule has 1 saturated heterocycles. The standard InChI is InChI=1S/C24H25ClN2O5/c1-15-11-22-18(12-19(15)25)21(28)13-23(32-22)24(29)26-14-20(27-7-9-31-10-8-27)16-3-5-17(30-2)6-4-16/h3-6,11-13,20H,7-10,14H2,1-2H3,(H,26,29)/t20-/m1/s1. The van der Waals surface area contributed by atoms with Crippen LogP contribution in [-0.2, 0) is 4.74 Å². The molecule has 32 heavy (non-hydrogen) atoms. The van der Waals surface area contributed by atoms with Crippen molar-refractivity contribution < 1.29 is 18.7 Å². The Morgan fingerprint density at radius 2 is 1.91 bits per heavy atom. The van der Waals surface area contributed by atoms with Gasteiger partial charge >= 0.3 is 0 Å². The van der Waals surface area contributed by atoms with E-state index in [9.17, 15) is 9.59 Å². The van der Waals surface area contributed by atoms with Crippen molar-refractivity contribution in [1.82, 2.24) is 10.2 Å². The van der Waals surface area contributed by atoms with E-state index in [2.05, 4.69) is 10.2 Å². The highest BCUT2D eigenvalue weighted by atomic mass is 35.5. The van der Waals surface area contributed by atoms with Crippen molar-refractivity contribution in [2.75, 3.05) is 40.0 Å². The summed E-state index contributed by atoms with van der Waals surface area (Å²) in [6.07, 6.45) is 0. The first-order valence-corrected chi connectivity index (χ1v) is 10.8. The topological polar surface area (TPSA) is 81.0 Å². The van der Waals surface area contributed by atoms with Crippen LogP contribution in [0.3, 0.4) is 0 Å². The van der Waals surface area contributed by atoms with Crippen LogP contribution in [0.15, 0.2) is 51.7 Å². The molecule has 8 heteroatoms. The number of carbonyl (C=O) groups excluding carboxylic acids is 1. The molecule has 1 aliphatic heterocycles. The highest BCUT2D eigenvalue weighted by Crippen LogP contribution is 2.25. The highest BCUT2D eigenvalue weighted by Gasteiger charge is 2.24. The van der Waals surface area contributed by atoms with Gasteiger partial charge in [0.1, 0.15) is 11.3 Å². The van der Waals surface area contributed by atoms with Gasteiger partial charge < -0.3 is 19.2 Å². The number of amides is 1. The van der Waals surface area contributed by atoms with E-state index >= 15 is 0 Å². The summed E-state index contributed by atoms with van der Waals surface area (Å²) in [4.78, 5) is 27.7. The van der Waals surface area contributed by atoms with E-state index in [0.29, 0.717) is 35.8 Å². The maximum atomic E-state index is 12.9. The summed E-state index contributed by atoms with van der Waals surface area (Å²) in [5.41, 5.74) is 1.85. The molecule has 0 aliphatic carbocycles. The third-order valence-electron chi connectivity index (χ3n) is 5.68. The molecule has 168 valence electrons. The number of hydrogen-bond donors (Lipinski definition) is 1. The van der Waals surface area contributed by atoms with Gasteiger partial charge in [0.05, 0.1) is 31.8 Å². The van der Waals surface area contributed by atoms with Crippen molar-refractivity contribution in [1.29, 1.82) is 0 Å². The van der Waals surface area contributed by atoms with Crippen LogP contribution in [0.5, 0.6) is 5.75 Å². The highest BCUT2D eigenvalue weighted by molar-refractivity contribution is 6.32. The summed E-state index contributed by atoms with van der Waals surface area (Å²) >= 11 is 6.12. The second-order valence-electron chi connectivity index (χ2n) is 7.72. The first-order chi connectivity index (χ1) is 15.5. The average Bonchev–Trinajstić information content (AvgIpc) is 2.81. The molecule has 1 aliphatic rings. The minimum absolute atomic E-state index is 0.0281. The lowest BCUT2D eigenvalue weighted by atomic mass is 10.0. The van der Waals surface area contributed by atoms with Crippen LogP contribution in [0, 0.1) is 6.92 Å². The van der Waals surface area contributed by atoms with Crippen LogP contribution in [0.1, 0.15) is 27.7 Å². The predicted octanol–water partition coefficient (Wildman–Crippen LogP) is 3.57. The minimum atomic E-state index is -0.441. The van der Waals surface area contributed by atoms with Crippen molar-refractivity contribution in [3.05, 3.63) is 74.6 Å². The van der Waals surface area contributed by atoms with Gasteiger partial charge in [-0.15, -0.1) is 0 Å². The van der Waals surface area contributed by atoms with Gasteiger partial charge in [-0.25, -0.2) is 0 Å². The normalized spacial score (nSPS) is 15.5. The van der Waals surface area contributed by atoms with Crippen molar-refractivity contribution >= 4 is 28.5 Å². The summed E-state index contributed by atoms with van der Waals surface area (Å²) in [6, 6.07) is 12.2. The molecule has 2 heterocycles. The largest absolute Gasteiger partial charge is 0.497 e. The number of hydrogen-bond acceptors (Lipinski definition) is 6. The Morgan fingerprint density at radius 3 is 2.59 bits per heavy atom. The lowest BCUT2D eigenvalue weighted by Crippen LogP contribution is -2.43. The molecule has 1 aromatic heterocycles. The lowest BCUT2D eigenvalue weighted by molar-refractivity contribution is 0.0161. The third kappa shape index (κ3) is 4.80. The number of morpholine rings is 1. The summed E-state index contributed by atoms with van der Waals surface area (Å²) in [7, 11) is 1.63. The SMILES string of the molecule is COc1ccc([C@@H](CNC(=O)c2cc(=O)c3cc(Cl)c(C)cc3o2)N2CCOCC2)cc1. The summed E-state index contributed by atoms with van der Waals surface area (Å²) in [5, 5.41) is 3.76. The molecule has 4 rings (SSSR count). The number of rotatable bonds is 6. The van der Waals surface area contributed by atoms with Crippen molar-refractivity contribution in [2.24, 2.45) is 0 Å². The number of carbonyl (C=O) groups is 1. The summed E-state index contributed by atoms with van der Waals surface area (Å²) < 4.78 is 16.5. The van der Waals surface area contributed by atoms with Crippen LogP contribution >= 0.6 is 11.6 Å². The Balaban J connectivity index is 1.56. The van der Waals surface area contributed by atoms with Gasteiger partial charge in [0.25, 0.3) is 5.91 Å². The van der Waals surface area contributed by atoms with E-state index < -0.39 is 5.91 Å². The molecule has 1 N–H and O–H groups in total. The molecule has 1 amide bonds. The molecule has 0 bridgehead atoms. The average molecular weight is 457 g/mol. The van der Waals surface area contributed by atoms with Crippen molar-refractivity contribution in [2.45, 2.75) is 13.0 Å². The van der Waals surface area contributed by atoms with Crippen LogP contribution in [0.4, 0.5) is 0 Å². The fraction of sp³-hybridized carbons (Fsp3) is 0.333. The van der Waals surface area contributed by atoms with E-state index in [1.54, 1.807) is 19.2 Å². The van der Waals surface area contributed by atoms with E-state index in [0.717, 1.165) is 30.0 Å². The first kappa shape index (κ1) is 22.3. The maximum Gasteiger partial charge on any atom is 0.287 e. The second-order valence-corrected chi connectivity index (χ2v) is 8.13. The Kier molecular flexibility index (Phi) is 6.79. The van der Waals surface area contributed by atoms with Crippen LogP contribution in [-0.4, -0.2) is 50.8 Å². The lowest BCUT2D eigenvalue weighted by Gasteiger charge is -2.35. The zero-order valence-corrected chi connectivity index (χ0v) is 18.8. The molecule has 7 nitrogen and oxygen atoms in total. The number of nitrogens with one attached hydrogen (secondary N) is 1. The summed E-state index contributed by atoms with van der Waals surface area (Å²) in [5.74, 6) is 0.301. The molecule has 0 spiro atoms. The van der Waals surface area contributed by atoms with Crippen molar-refractivity contribution in [3.8, 4) is 5.75 Å². The zero-order chi connectivity index (χ0) is 22.7. The molecule has 2 aromatic carbocycles. The third-order valence-corrected chi connectivity index (χ3v) is 6.08. The predicted molar refractivity (Wildman–Crippen MR) is 123 cm³/mol. The maximum absolute atomic E-state index is 12.9. The van der Waals surface area contributed by atoms with Gasteiger partial charge in [-0.3, -0.25) is 14.5 Å². The molecule has 3 aromatic rings. The quantitative estimate of drug-likeness (QED) is 0.610. The second kappa shape index (κ2) is 9.73. The van der Waals surface area contributed by atoms with Gasteiger partial charge in [0.2, 0.25) is 0 Å². The molecule has 1 fully saturated rings. The molecule has 1 atom stereocenters. The number of methoxy groups -OCH3 is 1. The monoisotopic (exact) mass is 456 g/mol. The number of ether oxygens (including phenoxy) is 2. The van der Waals surface area contributed by atoms with Gasteiger partial charge in [0.15, 0.2) is 11.2 Å². The van der Waals surface area contributed by atoms with Gasteiger partial charge in [-0.2, -0.15) is 0 Å². The van der Waals surface area contributed by atoms with Crippen LogP contribution < -0.4 is 15.5 Å². The molecule has 0 saturated carbocycles. The number of halogens is 1. The fourth-order valence-corrected chi connectivity index (χ4v) is 4.00. The number of fused-ring (bicyclic) bond motifs is 1. The minimum Gasteiger partial charge on any atom is -0.497 e. The first-order valence-electron chi connectivity index (χ1n) is 10.4. The number of benzene rings is 2. The van der Waals surface area contributed by atoms with Gasteiger partial charge in [-0.1, -0.05) is 23.7 Å². The van der Waals surface area contributed by atoms with E-state index in [1.807, 2.05) is 31.2 Å². The van der Waals surface area contributed by atoms with Crippen LogP contribution in [0.25, 0.3) is 11.0 Å². The smallest absolute Gasteiger partial charge is 0.287 e. The Hall–Kier alpha value is -2.87. The Morgan fingerprint density at radius 1 is 1.19 bits per heavy atom. The number of aryl methyl sites for hydroxylation is 1. The molecule has 0 radical (unpaired) electrons. The van der Waals surface area contributed by atoms with Crippen LogP contribution in [0.2, 0.25) is 5.02 Å². The fourth-order valence-electron chi connectivity index (χ4n) is 3.84. The molecular formula is C24H25ClN2O5. The zero-order valence-electron chi connectivity index (χ0n) is 18.0. The van der Waals surface area contributed by atoms with E-state index in [-0.39, 0.29) is 17.2 Å². The summed E-state index contributed by atoms with van der Waals surface area (Å²) in [6.45, 7) is 4.97. The molecular weight excluding hydrogens is 432 g/mol. The molecule has 0 unspecified atom stereocenters. The Bertz CT molecular complexity index is 1170. The number of nitrogens with zero attached hydrogens (tertiary/aromatic N) is 1. The van der Waals surface area contributed by atoms with Gasteiger partial charge in [-0.05, 0) is 42.3 Å². The Labute approximate surface area is 190 Å². The van der Waals surface area contributed by atoms with E-state index in [4.69, 9.17) is 25.5 Å². The van der Waals surface area contributed by atoms with E-state index in [1.165, 1.54) is 6.07 Å². The van der Waals surface area contributed by atoms with Gasteiger partial charge in [0, 0.05) is 30.7 Å².